The summed E-state index contributed by atoms with van der Waals surface area (Å²) in [6, 6.07) is 19.4. The minimum absolute atomic E-state index is 0.209. The predicted octanol–water partition coefficient (Wildman–Crippen LogP) is 5.20. The zero-order chi connectivity index (χ0) is 22.6. The summed E-state index contributed by atoms with van der Waals surface area (Å²) in [7, 11) is -2.16. The second kappa shape index (κ2) is 9.35. The molecule has 0 saturated carbocycles. The number of anilines is 2. The molecular weight excluding hydrogens is 408 g/mol. The van der Waals surface area contributed by atoms with Crippen LogP contribution in [0.15, 0.2) is 71.6 Å². The molecular formula is C25H28N2O3S. The Labute approximate surface area is 184 Å². The Bertz CT molecular complexity index is 1170. The number of carbonyl (C=O) groups is 1. The highest BCUT2D eigenvalue weighted by molar-refractivity contribution is 7.92. The lowest BCUT2D eigenvalue weighted by Gasteiger charge is -2.22. The van der Waals surface area contributed by atoms with Crippen LogP contribution in [-0.4, -0.2) is 21.4 Å². The molecule has 0 saturated heterocycles. The van der Waals surface area contributed by atoms with Gasteiger partial charge in [0.2, 0.25) is 0 Å². The lowest BCUT2D eigenvalue weighted by Crippen LogP contribution is -2.27. The molecule has 1 N–H and O–H groups in total. The average Bonchev–Trinajstić information content (AvgIpc) is 2.79. The molecule has 5 nitrogen and oxygen atoms in total. The molecule has 0 aliphatic carbocycles. The molecule has 3 rings (SSSR count). The van der Waals surface area contributed by atoms with Gasteiger partial charge in [0.15, 0.2) is 0 Å². The Morgan fingerprint density at radius 1 is 0.903 bits per heavy atom. The molecule has 0 radical (unpaired) electrons. The van der Waals surface area contributed by atoms with E-state index in [0.29, 0.717) is 16.8 Å². The fraction of sp³-hybridized carbons (Fsp3) is 0.240. The van der Waals surface area contributed by atoms with Crippen LogP contribution in [0.4, 0.5) is 11.4 Å². The number of aryl methyl sites for hydroxylation is 3. The molecule has 0 heterocycles. The van der Waals surface area contributed by atoms with Gasteiger partial charge in [-0.15, -0.1) is 0 Å². The van der Waals surface area contributed by atoms with E-state index in [1.165, 1.54) is 11.4 Å². The standard InChI is InChI=1S/C25H28N2O3S/c1-5-19-11-10-12-20(6-2)24(19)26-25(28)21-15-16-23(18(3)17-21)27(4)31(29,30)22-13-8-7-9-14-22/h7-17H,5-6H2,1-4H3,(H,26,28). The molecule has 0 bridgehead atoms. The predicted molar refractivity (Wildman–Crippen MR) is 126 cm³/mol. The summed E-state index contributed by atoms with van der Waals surface area (Å²) in [5.41, 5.74) is 4.77. The Morgan fingerprint density at radius 2 is 1.52 bits per heavy atom. The highest BCUT2D eigenvalue weighted by Gasteiger charge is 2.23. The molecule has 31 heavy (non-hydrogen) atoms. The summed E-state index contributed by atoms with van der Waals surface area (Å²) in [6.45, 7) is 5.93. The van der Waals surface area contributed by atoms with Crippen molar-refractivity contribution in [3.8, 4) is 0 Å². The Hall–Kier alpha value is -3.12. The number of rotatable bonds is 7. The lowest BCUT2D eigenvalue weighted by molar-refractivity contribution is 0.102. The van der Waals surface area contributed by atoms with Crippen molar-refractivity contribution in [2.45, 2.75) is 38.5 Å². The zero-order valence-electron chi connectivity index (χ0n) is 18.3. The van der Waals surface area contributed by atoms with E-state index in [2.05, 4.69) is 19.2 Å². The molecule has 0 unspecified atom stereocenters. The minimum Gasteiger partial charge on any atom is -0.321 e. The van der Waals surface area contributed by atoms with Gasteiger partial charge in [0.25, 0.3) is 15.9 Å². The first kappa shape index (κ1) is 22.6. The van der Waals surface area contributed by atoms with Crippen molar-refractivity contribution >= 4 is 27.3 Å². The monoisotopic (exact) mass is 436 g/mol. The number of hydrogen-bond donors (Lipinski definition) is 1. The van der Waals surface area contributed by atoms with Crippen molar-refractivity contribution in [2.75, 3.05) is 16.7 Å². The number of nitrogens with zero attached hydrogens (tertiary/aromatic N) is 1. The Kier molecular flexibility index (Phi) is 6.81. The van der Waals surface area contributed by atoms with Crippen LogP contribution in [0, 0.1) is 6.92 Å². The van der Waals surface area contributed by atoms with Crippen molar-refractivity contribution < 1.29 is 13.2 Å². The smallest absolute Gasteiger partial charge is 0.264 e. The van der Waals surface area contributed by atoms with Crippen molar-refractivity contribution in [3.05, 3.63) is 89.0 Å². The van der Waals surface area contributed by atoms with Crippen LogP contribution >= 0.6 is 0 Å². The number of sulfonamides is 1. The van der Waals surface area contributed by atoms with Gasteiger partial charge < -0.3 is 5.32 Å². The van der Waals surface area contributed by atoms with Crippen molar-refractivity contribution in [1.82, 2.24) is 0 Å². The molecule has 6 heteroatoms. The Balaban J connectivity index is 1.89. The number of hydrogen-bond acceptors (Lipinski definition) is 3. The van der Waals surface area contributed by atoms with Gasteiger partial charge in [-0.25, -0.2) is 8.42 Å². The topological polar surface area (TPSA) is 66.5 Å². The molecule has 0 spiro atoms. The van der Waals surface area contributed by atoms with E-state index in [9.17, 15) is 13.2 Å². The van der Waals surface area contributed by atoms with Gasteiger partial charge in [-0.05, 0) is 66.8 Å². The largest absolute Gasteiger partial charge is 0.321 e. The first-order valence-electron chi connectivity index (χ1n) is 10.4. The van der Waals surface area contributed by atoms with Gasteiger partial charge in [-0.2, -0.15) is 0 Å². The van der Waals surface area contributed by atoms with E-state index in [-0.39, 0.29) is 10.8 Å². The summed E-state index contributed by atoms with van der Waals surface area (Å²) >= 11 is 0. The number of para-hydroxylation sites is 1. The fourth-order valence-electron chi connectivity index (χ4n) is 3.62. The third-order valence-electron chi connectivity index (χ3n) is 5.44. The average molecular weight is 437 g/mol. The molecule has 0 atom stereocenters. The molecule has 162 valence electrons. The summed E-state index contributed by atoms with van der Waals surface area (Å²) in [5.74, 6) is -0.209. The lowest BCUT2D eigenvalue weighted by atomic mass is 10.0. The van der Waals surface area contributed by atoms with Gasteiger partial charge in [-0.1, -0.05) is 50.2 Å². The van der Waals surface area contributed by atoms with E-state index >= 15 is 0 Å². The van der Waals surface area contributed by atoms with Crippen LogP contribution in [0.1, 0.15) is 40.9 Å². The zero-order valence-corrected chi connectivity index (χ0v) is 19.2. The first-order chi connectivity index (χ1) is 14.8. The first-order valence-corrected chi connectivity index (χ1v) is 11.8. The molecule has 0 aliphatic heterocycles. The van der Waals surface area contributed by atoms with Gasteiger partial charge in [0.05, 0.1) is 10.6 Å². The van der Waals surface area contributed by atoms with Crippen LogP contribution in [0.5, 0.6) is 0 Å². The maximum atomic E-state index is 13.0. The number of amides is 1. The van der Waals surface area contributed by atoms with Gasteiger partial charge >= 0.3 is 0 Å². The third-order valence-corrected chi connectivity index (χ3v) is 7.22. The summed E-state index contributed by atoms with van der Waals surface area (Å²) < 4.78 is 27.1. The third kappa shape index (κ3) is 4.64. The molecule has 3 aromatic rings. The molecule has 0 aliphatic rings. The molecule has 1 amide bonds. The second-order valence-electron chi connectivity index (χ2n) is 7.40. The van der Waals surface area contributed by atoms with Crippen LogP contribution in [0.25, 0.3) is 0 Å². The van der Waals surface area contributed by atoms with Gasteiger partial charge in [0, 0.05) is 18.3 Å². The van der Waals surface area contributed by atoms with Gasteiger partial charge in [-0.3, -0.25) is 9.10 Å². The number of benzene rings is 3. The highest BCUT2D eigenvalue weighted by atomic mass is 32.2. The second-order valence-corrected chi connectivity index (χ2v) is 9.37. The molecule has 0 aromatic heterocycles. The van der Waals surface area contributed by atoms with E-state index in [1.54, 1.807) is 55.5 Å². The van der Waals surface area contributed by atoms with E-state index in [1.807, 2.05) is 18.2 Å². The van der Waals surface area contributed by atoms with Crippen LogP contribution in [-0.2, 0) is 22.9 Å². The maximum Gasteiger partial charge on any atom is 0.264 e. The summed E-state index contributed by atoms with van der Waals surface area (Å²) in [4.78, 5) is 13.2. The van der Waals surface area contributed by atoms with Crippen LogP contribution in [0.3, 0.4) is 0 Å². The number of carbonyl (C=O) groups excluding carboxylic acids is 1. The van der Waals surface area contributed by atoms with E-state index in [4.69, 9.17) is 0 Å². The summed E-state index contributed by atoms with van der Waals surface area (Å²) in [5, 5.41) is 3.06. The van der Waals surface area contributed by atoms with Gasteiger partial charge in [0.1, 0.15) is 0 Å². The summed E-state index contributed by atoms with van der Waals surface area (Å²) in [6.07, 6.45) is 1.65. The van der Waals surface area contributed by atoms with Crippen molar-refractivity contribution in [1.29, 1.82) is 0 Å². The maximum absolute atomic E-state index is 13.0. The normalized spacial score (nSPS) is 11.2. The fourth-order valence-corrected chi connectivity index (χ4v) is 4.90. The molecule has 3 aromatic carbocycles. The van der Waals surface area contributed by atoms with E-state index in [0.717, 1.165) is 29.7 Å². The van der Waals surface area contributed by atoms with E-state index < -0.39 is 10.0 Å². The number of nitrogens with one attached hydrogen (secondary N) is 1. The van der Waals surface area contributed by atoms with Crippen molar-refractivity contribution in [3.63, 3.8) is 0 Å². The quantitative estimate of drug-likeness (QED) is 0.554. The van der Waals surface area contributed by atoms with Crippen molar-refractivity contribution in [2.24, 2.45) is 0 Å². The SMILES string of the molecule is CCc1cccc(CC)c1NC(=O)c1ccc(N(C)S(=O)(=O)c2ccccc2)c(C)c1. The minimum atomic E-state index is -3.68. The highest BCUT2D eigenvalue weighted by Crippen LogP contribution is 2.27. The van der Waals surface area contributed by atoms with Crippen LogP contribution in [0.2, 0.25) is 0 Å². The Morgan fingerprint density at radius 3 is 2.06 bits per heavy atom. The molecule has 0 fully saturated rings. The van der Waals surface area contributed by atoms with Crippen LogP contribution < -0.4 is 9.62 Å².